The molecule has 0 saturated heterocycles. The van der Waals surface area contributed by atoms with Crippen LogP contribution in [-0.2, 0) is 28.6 Å². The Balaban J connectivity index is 4.20. The van der Waals surface area contributed by atoms with Crippen molar-refractivity contribution in [3.63, 3.8) is 0 Å². The molecule has 57 heavy (non-hydrogen) atoms. The van der Waals surface area contributed by atoms with Gasteiger partial charge in [-0.15, -0.1) is 0 Å². The highest BCUT2D eigenvalue weighted by Crippen LogP contribution is 2.17. The van der Waals surface area contributed by atoms with E-state index in [0.717, 1.165) is 57.8 Å². The highest BCUT2D eigenvalue weighted by Gasteiger charge is 2.19. The SMILES string of the molecule is CCCCCCCCCCCCCCCCCCC(=O)OC[C@H](COC(=O)CCCCCCCCC)OC(=O)CCCCCCCCCCCCCCCCCC. The molecular weight excluding hydrogens is 709 g/mol. The fourth-order valence-electron chi connectivity index (χ4n) is 7.74. The molecule has 6 nitrogen and oxygen atoms in total. The van der Waals surface area contributed by atoms with Gasteiger partial charge in [0, 0.05) is 19.3 Å². The van der Waals surface area contributed by atoms with Gasteiger partial charge >= 0.3 is 17.9 Å². The lowest BCUT2D eigenvalue weighted by Gasteiger charge is -2.18. The van der Waals surface area contributed by atoms with Crippen LogP contribution in [0.25, 0.3) is 0 Å². The molecule has 0 aliphatic carbocycles. The second-order valence-electron chi connectivity index (χ2n) is 17.5. The molecule has 6 heteroatoms. The topological polar surface area (TPSA) is 78.9 Å². The third-order valence-corrected chi connectivity index (χ3v) is 11.6. The second-order valence-corrected chi connectivity index (χ2v) is 17.5. The van der Waals surface area contributed by atoms with Gasteiger partial charge in [-0.05, 0) is 19.3 Å². The molecule has 0 spiro atoms. The van der Waals surface area contributed by atoms with Crippen molar-refractivity contribution in [1.82, 2.24) is 0 Å². The highest BCUT2D eigenvalue weighted by molar-refractivity contribution is 5.71. The van der Waals surface area contributed by atoms with E-state index in [4.69, 9.17) is 14.2 Å². The number of hydrogen-bond acceptors (Lipinski definition) is 6. The minimum Gasteiger partial charge on any atom is -0.462 e. The van der Waals surface area contributed by atoms with E-state index in [1.807, 2.05) is 0 Å². The van der Waals surface area contributed by atoms with Gasteiger partial charge in [0.05, 0.1) is 0 Å². The fourth-order valence-corrected chi connectivity index (χ4v) is 7.74. The Bertz CT molecular complexity index is 844. The fraction of sp³-hybridized carbons (Fsp3) is 0.941. The zero-order valence-corrected chi connectivity index (χ0v) is 38.6. The van der Waals surface area contributed by atoms with Gasteiger partial charge in [0.25, 0.3) is 0 Å². The molecule has 0 aliphatic rings. The van der Waals surface area contributed by atoms with Crippen LogP contribution in [0.2, 0.25) is 0 Å². The van der Waals surface area contributed by atoms with Crippen molar-refractivity contribution in [2.24, 2.45) is 0 Å². The molecule has 0 fully saturated rings. The molecular formula is C51H98O6. The third kappa shape index (κ3) is 45.3. The standard InChI is InChI=1S/C51H98O6/c1-4-7-10-13-16-18-20-22-24-26-28-30-32-35-38-41-44-50(53)56-47-48(46-55-49(52)43-40-37-34-15-12-9-6-3)57-51(54)45-42-39-36-33-31-29-27-25-23-21-19-17-14-11-8-5-2/h48H,4-47H2,1-3H3/t48-/m0/s1. The Morgan fingerprint density at radius 3 is 0.702 bits per heavy atom. The summed E-state index contributed by atoms with van der Waals surface area (Å²) in [5.41, 5.74) is 0. The minimum absolute atomic E-state index is 0.0624. The summed E-state index contributed by atoms with van der Waals surface area (Å²) >= 11 is 0. The van der Waals surface area contributed by atoms with Gasteiger partial charge in [0.15, 0.2) is 6.10 Å². The van der Waals surface area contributed by atoms with Crippen LogP contribution in [0.3, 0.4) is 0 Å². The zero-order chi connectivity index (χ0) is 41.5. The quantitative estimate of drug-likeness (QED) is 0.0346. The van der Waals surface area contributed by atoms with E-state index in [2.05, 4.69) is 20.8 Å². The van der Waals surface area contributed by atoms with E-state index in [1.165, 1.54) is 193 Å². The summed E-state index contributed by atoms with van der Waals surface area (Å²) in [6, 6.07) is 0. The lowest BCUT2D eigenvalue weighted by Crippen LogP contribution is -2.30. The summed E-state index contributed by atoms with van der Waals surface area (Å²) in [5, 5.41) is 0. The van der Waals surface area contributed by atoms with Crippen LogP contribution in [0.1, 0.15) is 290 Å². The summed E-state index contributed by atoms with van der Waals surface area (Å²) in [6.07, 6.45) is 49.6. The second kappa shape index (κ2) is 47.1. The highest BCUT2D eigenvalue weighted by atomic mass is 16.6. The average molecular weight is 807 g/mol. The molecule has 0 heterocycles. The average Bonchev–Trinajstić information content (AvgIpc) is 3.21. The number of ether oxygens (including phenoxy) is 3. The van der Waals surface area contributed by atoms with Gasteiger partial charge in [-0.3, -0.25) is 14.4 Å². The van der Waals surface area contributed by atoms with Crippen LogP contribution in [-0.4, -0.2) is 37.2 Å². The third-order valence-electron chi connectivity index (χ3n) is 11.6. The van der Waals surface area contributed by atoms with Crippen molar-refractivity contribution < 1.29 is 28.6 Å². The summed E-state index contributed by atoms with van der Waals surface area (Å²) in [5.74, 6) is -0.849. The molecule has 0 bridgehead atoms. The number of carbonyl (C=O) groups excluding carboxylic acids is 3. The van der Waals surface area contributed by atoms with Gasteiger partial charge in [-0.25, -0.2) is 0 Å². The maximum Gasteiger partial charge on any atom is 0.306 e. The Kier molecular flexibility index (Phi) is 45.8. The first-order valence-corrected chi connectivity index (χ1v) is 25.5. The smallest absolute Gasteiger partial charge is 0.306 e. The Morgan fingerprint density at radius 2 is 0.474 bits per heavy atom. The van der Waals surface area contributed by atoms with Crippen molar-refractivity contribution in [3.05, 3.63) is 0 Å². The molecule has 0 aromatic heterocycles. The van der Waals surface area contributed by atoms with Gasteiger partial charge in [0.1, 0.15) is 13.2 Å². The van der Waals surface area contributed by atoms with Crippen molar-refractivity contribution in [1.29, 1.82) is 0 Å². The van der Waals surface area contributed by atoms with Crippen LogP contribution in [0.15, 0.2) is 0 Å². The number of carbonyl (C=O) groups is 3. The van der Waals surface area contributed by atoms with Crippen LogP contribution in [0, 0.1) is 0 Å². The van der Waals surface area contributed by atoms with Crippen molar-refractivity contribution in [2.75, 3.05) is 13.2 Å². The first-order valence-electron chi connectivity index (χ1n) is 25.5. The summed E-state index contributed by atoms with van der Waals surface area (Å²) in [4.78, 5) is 37.7. The maximum absolute atomic E-state index is 12.7. The molecule has 0 aliphatic heterocycles. The molecule has 338 valence electrons. The molecule has 0 N–H and O–H groups in total. The Hall–Kier alpha value is -1.59. The molecule has 0 amide bonds. The molecule has 0 radical (unpaired) electrons. The van der Waals surface area contributed by atoms with E-state index in [0.29, 0.717) is 19.3 Å². The van der Waals surface area contributed by atoms with E-state index in [-0.39, 0.29) is 31.1 Å². The lowest BCUT2D eigenvalue weighted by atomic mass is 10.0. The molecule has 0 aromatic carbocycles. The van der Waals surface area contributed by atoms with Crippen LogP contribution < -0.4 is 0 Å². The normalized spacial score (nSPS) is 11.8. The Labute approximate surface area is 355 Å². The van der Waals surface area contributed by atoms with Gasteiger partial charge in [0.2, 0.25) is 0 Å². The number of rotatable bonds is 47. The Morgan fingerprint density at radius 1 is 0.281 bits per heavy atom. The van der Waals surface area contributed by atoms with Crippen LogP contribution in [0.4, 0.5) is 0 Å². The van der Waals surface area contributed by atoms with E-state index in [1.54, 1.807) is 0 Å². The van der Waals surface area contributed by atoms with E-state index < -0.39 is 6.10 Å². The van der Waals surface area contributed by atoms with E-state index >= 15 is 0 Å². The van der Waals surface area contributed by atoms with Gasteiger partial charge in [-0.1, -0.05) is 252 Å². The van der Waals surface area contributed by atoms with Crippen LogP contribution >= 0.6 is 0 Å². The first kappa shape index (κ1) is 55.4. The first-order chi connectivity index (χ1) is 28.0. The molecule has 0 unspecified atom stereocenters. The number of hydrogen-bond donors (Lipinski definition) is 0. The number of esters is 3. The van der Waals surface area contributed by atoms with Crippen molar-refractivity contribution in [3.8, 4) is 0 Å². The summed E-state index contributed by atoms with van der Waals surface area (Å²) < 4.78 is 16.7. The molecule has 0 saturated carbocycles. The predicted octanol–water partition coefficient (Wildman–Crippen LogP) is 16.4. The zero-order valence-electron chi connectivity index (χ0n) is 38.6. The van der Waals surface area contributed by atoms with Gasteiger partial charge < -0.3 is 14.2 Å². The molecule has 0 aromatic rings. The predicted molar refractivity (Wildman–Crippen MR) is 243 cm³/mol. The van der Waals surface area contributed by atoms with Gasteiger partial charge in [-0.2, -0.15) is 0 Å². The van der Waals surface area contributed by atoms with E-state index in [9.17, 15) is 14.4 Å². The monoisotopic (exact) mass is 807 g/mol. The van der Waals surface area contributed by atoms with Crippen molar-refractivity contribution in [2.45, 2.75) is 297 Å². The van der Waals surface area contributed by atoms with Crippen molar-refractivity contribution >= 4 is 17.9 Å². The molecule has 1 atom stereocenters. The largest absolute Gasteiger partial charge is 0.462 e. The lowest BCUT2D eigenvalue weighted by molar-refractivity contribution is -0.167. The summed E-state index contributed by atoms with van der Waals surface area (Å²) in [7, 11) is 0. The van der Waals surface area contributed by atoms with Crippen LogP contribution in [0.5, 0.6) is 0 Å². The maximum atomic E-state index is 12.7. The minimum atomic E-state index is -0.758. The molecule has 0 rings (SSSR count). The summed E-state index contributed by atoms with van der Waals surface area (Å²) in [6.45, 7) is 6.64. The number of unbranched alkanes of at least 4 members (excludes halogenated alkanes) is 36.